The van der Waals surface area contributed by atoms with Crippen molar-refractivity contribution in [1.82, 2.24) is 4.72 Å². The summed E-state index contributed by atoms with van der Waals surface area (Å²) in [5.41, 5.74) is -7.23. The van der Waals surface area contributed by atoms with E-state index in [0.29, 0.717) is 0 Å². The summed E-state index contributed by atoms with van der Waals surface area (Å²) in [4.78, 5) is 10.6. The number of alkyl halides is 14. The summed E-state index contributed by atoms with van der Waals surface area (Å²) >= 11 is 0. The van der Waals surface area contributed by atoms with E-state index in [2.05, 4.69) is 0 Å². The van der Waals surface area contributed by atoms with Crippen LogP contribution in [0.2, 0.25) is 0 Å². The smallest absolute Gasteiger partial charge is 0.269 e. The molecule has 156 valence electrons. The third kappa shape index (κ3) is 3.48. The van der Waals surface area contributed by atoms with Crippen molar-refractivity contribution in [2.45, 2.75) is 35.4 Å². The molecule has 0 spiro atoms. The zero-order valence-corrected chi connectivity index (χ0v) is 11.7. The molecular formula is C7HF14NO3S. The second-order valence-corrected chi connectivity index (χ2v) is 5.90. The number of halogens is 14. The Morgan fingerprint density at radius 1 is 0.615 bits per heavy atom. The first-order valence-electron chi connectivity index (χ1n) is 5.09. The van der Waals surface area contributed by atoms with E-state index < -0.39 is 56.0 Å². The molecule has 0 radical (unpaired) electrons. The average Bonchev–Trinajstić information content (AvgIpc) is 2.32. The summed E-state index contributed by atoms with van der Waals surface area (Å²) in [6.45, 7) is 0. The molecule has 0 aliphatic carbocycles. The van der Waals surface area contributed by atoms with E-state index in [0.717, 1.165) is 0 Å². The molecule has 19 heteroatoms. The maximum atomic E-state index is 13.1. The molecule has 0 bridgehead atoms. The van der Waals surface area contributed by atoms with Crippen molar-refractivity contribution in [2.24, 2.45) is 0 Å². The maximum Gasteiger partial charge on any atom is 0.461 e. The van der Waals surface area contributed by atoms with E-state index in [-0.39, 0.29) is 0 Å². The molecule has 1 N–H and O–H groups in total. The highest BCUT2D eigenvalue weighted by Gasteiger charge is 2.81. The highest BCUT2D eigenvalue weighted by atomic mass is 32.2. The van der Waals surface area contributed by atoms with Gasteiger partial charge in [-0.05, 0) is 0 Å². The molecule has 0 saturated carbocycles. The topological polar surface area (TPSA) is 63.2 Å². The summed E-state index contributed by atoms with van der Waals surface area (Å²) in [7, 11) is -7.95. The lowest BCUT2D eigenvalue weighted by molar-refractivity contribution is -0.333. The number of sulfonamides is 1. The molecule has 0 rings (SSSR count). The number of hydrogen-bond donors (Lipinski definition) is 1. The van der Waals surface area contributed by atoms with Crippen LogP contribution in [0.5, 0.6) is 0 Å². The summed E-state index contributed by atoms with van der Waals surface area (Å²) in [6, 6.07) is 0. The van der Waals surface area contributed by atoms with Crippen molar-refractivity contribution in [2.75, 3.05) is 0 Å². The fourth-order valence-corrected chi connectivity index (χ4v) is 1.97. The molecule has 0 atom stereocenters. The molecule has 0 unspecified atom stereocenters. The zero-order valence-electron chi connectivity index (χ0n) is 10.9. The second-order valence-electron chi connectivity index (χ2n) is 4.18. The fourth-order valence-electron chi connectivity index (χ4n) is 1.01. The van der Waals surface area contributed by atoms with Gasteiger partial charge in [0.25, 0.3) is 5.91 Å². The largest absolute Gasteiger partial charge is 0.461 e. The fraction of sp³-hybridized carbons (Fsp3) is 0.857. The highest BCUT2D eigenvalue weighted by molar-refractivity contribution is 7.91. The molecule has 0 aromatic heterocycles. The van der Waals surface area contributed by atoms with E-state index >= 15 is 0 Å². The van der Waals surface area contributed by atoms with Gasteiger partial charge in [0.05, 0.1) is 0 Å². The minimum Gasteiger partial charge on any atom is -0.269 e. The standard InChI is InChI=1S/C7HF14NO3S/c8-2(4(11,12)13,5(14,15)16)1(23)22-26(24,25)7(20,21)3(9,10)6(17,18)19/h(H,22,23). The minimum absolute atomic E-state index is 1.08. The van der Waals surface area contributed by atoms with Gasteiger partial charge in [0, 0.05) is 0 Å². The Morgan fingerprint density at radius 2 is 0.923 bits per heavy atom. The Hall–Kier alpha value is -1.56. The van der Waals surface area contributed by atoms with Crippen molar-refractivity contribution in [3.63, 3.8) is 0 Å². The van der Waals surface area contributed by atoms with E-state index in [1.54, 1.807) is 0 Å². The van der Waals surface area contributed by atoms with Crippen LogP contribution in [0.15, 0.2) is 0 Å². The molecule has 0 aliphatic rings. The summed E-state index contributed by atoms with van der Waals surface area (Å²) in [6.07, 6.45) is -22.1. The number of carbonyl (C=O) groups excluding carboxylic acids is 1. The third-order valence-electron chi connectivity index (χ3n) is 2.38. The van der Waals surface area contributed by atoms with Gasteiger partial charge in [-0.3, -0.25) is 4.79 Å². The minimum atomic E-state index is -7.95. The molecule has 0 fully saturated rings. The van der Waals surface area contributed by atoms with Crippen molar-refractivity contribution < 1.29 is 74.7 Å². The Morgan fingerprint density at radius 3 is 1.15 bits per heavy atom. The van der Waals surface area contributed by atoms with Crippen LogP contribution in [0.4, 0.5) is 61.5 Å². The lowest BCUT2D eigenvalue weighted by Crippen LogP contribution is -2.66. The summed E-state index contributed by atoms with van der Waals surface area (Å²) in [5.74, 6) is -12.1. The highest BCUT2D eigenvalue weighted by Crippen LogP contribution is 2.50. The number of carbonyl (C=O) groups is 1. The van der Waals surface area contributed by atoms with Gasteiger partial charge in [-0.1, -0.05) is 0 Å². The first-order chi connectivity index (χ1) is 10.9. The zero-order chi connectivity index (χ0) is 21.8. The van der Waals surface area contributed by atoms with E-state index in [1.807, 2.05) is 0 Å². The first-order valence-corrected chi connectivity index (χ1v) is 6.57. The van der Waals surface area contributed by atoms with Gasteiger partial charge in [0.2, 0.25) is 0 Å². The van der Waals surface area contributed by atoms with Gasteiger partial charge in [-0.15, -0.1) is 0 Å². The monoisotopic (exact) mass is 445 g/mol. The van der Waals surface area contributed by atoms with Crippen LogP contribution in [0.25, 0.3) is 0 Å². The van der Waals surface area contributed by atoms with Crippen LogP contribution in [-0.2, 0) is 14.8 Å². The van der Waals surface area contributed by atoms with Crippen molar-refractivity contribution in [1.29, 1.82) is 0 Å². The third-order valence-corrected chi connectivity index (χ3v) is 3.77. The van der Waals surface area contributed by atoms with Crippen LogP contribution in [-0.4, -0.2) is 49.7 Å². The molecule has 0 saturated heterocycles. The van der Waals surface area contributed by atoms with Crippen LogP contribution in [0.3, 0.4) is 0 Å². The van der Waals surface area contributed by atoms with Gasteiger partial charge in [-0.25, -0.2) is 9.11 Å². The summed E-state index contributed by atoms with van der Waals surface area (Å²) in [5, 5.41) is -7.49. The number of amides is 1. The predicted octanol–water partition coefficient (Wildman–Crippen LogP) is 3.06. The molecule has 0 heterocycles. The maximum absolute atomic E-state index is 13.1. The van der Waals surface area contributed by atoms with Crippen LogP contribution >= 0.6 is 0 Å². The van der Waals surface area contributed by atoms with Gasteiger partial charge in [-0.2, -0.15) is 65.5 Å². The van der Waals surface area contributed by atoms with Crippen LogP contribution < -0.4 is 4.72 Å². The normalized spacial score (nSPS) is 15.8. The lowest BCUT2D eigenvalue weighted by Gasteiger charge is -2.31. The Kier molecular flexibility index (Phi) is 5.62. The van der Waals surface area contributed by atoms with Crippen LogP contribution in [0.1, 0.15) is 0 Å². The van der Waals surface area contributed by atoms with Gasteiger partial charge in [0.1, 0.15) is 0 Å². The SMILES string of the molecule is O=C(NS(=O)(=O)C(F)(F)C(F)(F)C(F)(F)F)C(F)(C(F)(F)F)C(F)(F)F. The number of hydrogen-bond acceptors (Lipinski definition) is 3. The van der Waals surface area contributed by atoms with Crippen LogP contribution in [0, 0.1) is 0 Å². The molecule has 0 aromatic carbocycles. The molecule has 4 nitrogen and oxygen atoms in total. The Bertz CT molecular complexity index is 641. The van der Waals surface area contributed by atoms with Gasteiger partial charge < -0.3 is 0 Å². The Balaban J connectivity index is 6.23. The van der Waals surface area contributed by atoms with Gasteiger partial charge in [0.15, 0.2) is 0 Å². The molecule has 0 aromatic rings. The van der Waals surface area contributed by atoms with Crippen molar-refractivity contribution in [3.05, 3.63) is 0 Å². The average molecular weight is 445 g/mol. The number of rotatable bonds is 4. The second kappa shape index (κ2) is 5.98. The van der Waals surface area contributed by atoms with Crippen molar-refractivity contribution >= 4 is 15.9 Å². The lowest BCUT2D eigenvalue weighted by atomic mass is 10.1. The predicted molar refractivity (Wildman–Crippen MR) is 49.0 cm³/mol. The molecule has 1 amide bonds. The van der Waals surface area contributed by atoms with E-state index in [9.17, 15) is 74.7 Å². The molecular weight excluding hydrogens is 444 g/mol. The Labute approximate surface area is 132 Å². The number of nitrogens with one attached hydrogen (secondary N) is 1. The van der Waals surface area contributed by atoms with Gasteiger partial charge >= 0.3 is 45.4 Å². The quantitative estimate of drug-likeness (QED) is 0.677. The summed E-state index contributed by atoms with van der Waals surface area (Å²) < 4.78 is 192. The first kappa shape index (κ1) is 24.4. The molecule has 26 heavy (non-hydrogen) atoms. The van der Waals surface area contributed by atoms with Crippen molar-refractivity contribution in [3.8, 4) is 0 Å². The van der Waals surface area contributed by atoms with E-state index in [1.165, 1.54) is 0 Å². The van der Waals surface area contributed by atoms with E-state index in [4.69, 9.17) is 0 Å². The molecule has 0 aliphatic heterocycles.